The molecule has 2 amide bonds. The topological polar surface area (TPSA) is 83.6 Å². The minimum Gasteiger partial charge on any atom is -0.322 e. The van der Waals surface area contributed by atoms with Crippen LogP contribution in [0.3, 0.4) is 0 Å². The number of nitrogens with zero attached hydrogens (tertiary/aromatic N) is 1. The lowest BCUT2D eigenvalue weighted by molar-refractivity contribution is -0.123. The lowest BCUT2D eigenvalue weighted by Gasteiger charge is -2.20. The number of hydrogen-bond acceptors (Lipinski definition) is 4. The molecule has 0 radical (unpaired) electrons. The Hall–Kier alpha value is -2.38. The number of sulfonamides is 1. The van der Waals surface area contributed by atoms with Crippen LogP contribution in [-0.2, 0) is 20.2 Å². The van der Waals surface area contributed by atoms with Gasteiger partial charge in [-0.05, 0) is 55.2 Å². The molecule has 1 fully saturated rings. The summed E-state index contributed by atoms with van der Waals surface area (Å²) < 4.78 is 25.9. The first-order valence-corrected chi connectivity index (χ1v) is 11.5. The van der Waals surface area contributed by atoms with Crippen molar-refractivity contribution in [3.05, 3.63) is 58.6 Å². The van der Waals surface area contributed by atoms with Gasteiger partial charge in [-0.2, -0.15) is 0 Å². The first kappa shape index (κ1) is 22.3. The zero-order valence-corrected chi connectivity index (χ0v) is 19.2. The van der Waals surface area contributed by atoms with E-state index >= 15 is 0 Å². The van der Waals surface area contributed by atoms with E-state index in [4.69, 9.17) is 11.6 Å². The second-order valence-corrected chi connectivity index (χ2v) is 11.4. The molecule has 3 rings (SSSR count). The molecule has 2 aromatic rings. The van der Waals surface area contributed by atoms with E-state index in [2.05, 4.69) is 26.1 Å². The highest BCUT2D eigenvalue weighted by atomic mass is 35.5. The van der Waals surface area contributed by atoms with E-state index in [1.807, 2.05) is 24.3 Å². The van der Waals surface area contributed by atoms with Gasteiger partial charge in [-0.15, -0.1) is 0 Å². The highest BCUT2D eigenvalue weighted by Gasteiger charge is 2.50. The molecule has 0 unspecified atom stereocenters. The van der Waals surface area contributed by atoms with Gasteiger partial charge in [0, 0.05) is 11.3 Å². The van der Waals surface area contributed by atoms with Gasteiger partial charge in [-0.3, -0.25) is 9.59 Å². The molecular weight excluding hydrogens is 424 g/mol. The lowest BCUT2D eigenvalue weighted by Crippen LogP contribution is -2.33. The summed E-state index contributed by atoms with van der Waals surface area (Å²) in [5, 5.41) is 2.87. The second kappa shape index (κ2) is 7.39. The van der Waals surface area contributed by atoms with Crippen LogP contribution in [0.4, 0.5) is 11.4 Å². The molecule has 1 heterocycles. The first-order valence-electron chi connectivity index (χ1n) is 9.51. The predicted octanol–water partition coefficient (Wildman–Crippen LogP) is 4.59. The van der Waals surface area contributed by atoms with Gasteiger partial charge in [0.25, 0.3) is 5.91 Å². The Labute approximate surface area is 182 Å². The van der Waals surface area contributed by atoms with Gasteiger partial charge < -0.3 is 5.32 Å². The van der Waals surface area contributed by atoms with E-state index in [0.717, 1.165) is 5.56 Å². The fourth-order valence-electron chi connectivity index (χ4n) is 3.31. The number of nitrogens with one attached hydrogen (secondary N) is 1. The normalized spacial score (nSPS) is 17.8. The largest absolute Gasteiger partial charge is 0.322 e. The summed E-state index contributed by atoms with van der Waals surface area (Å²) in [5.74, 6) is -1.31. The van der Waals surface area contributed by atoms with Crippen molar-refractivity contribution in [2.75, 3.05) is 15.4 Å². The highest BCUT2D eigenvalue weighted by molar-refractivity contribution is 7.94. The van der Waals surface area contributed by atoms with Crippen LogP contribution in [0.25, 0.3) is 0 Å². The van der Waals surface area contributed by atoms with Gasteiger partial charge in [-0.25, -0.2) is 12.7 Å². The Bertz CT molecular complexity index is 1120. The third kappa shape index (κ3) is 4.23. The van der Waals surface area contributed by atoms with Crippen LogP contribution in [-0.4, -0.2) is 26.0 Å². The van der Waals surface area contributed by atoms with Crippen LogP contribution >= 0.6 is 11.6 Å². The zero-order valence-electron chi connectivity index (χ0n) is 17.6. The molecule has 1 N–H and O–H groups in total. The summed E-state index contributed by atoms with van der Waals surface area (Å²) in [7, 11) is -3.87. The van der Waals surface area contributed by atoms with Crippen molar-refractivity contribution in [1.29, 1.82) is 0 Å². The van der Waals surface area contributed by atoms with E-state index in [9.17, 15) is 18.0 Å². The smallest absolute Gasteiger partial charge is 0.255 e. The lowest BCUT2D eigenvalue weighted by atomic mass is 9.87. The van der Waals surface area contributed by atoms with Gasteiger partial charge >= 0.3 is 0 Å². The van der Waals surface area contributed by atoms with E-state index in [-0.39, 0.29) is 27.4 Å². The number of anilines is 2. The summed E-state index contributed by atoms with van der Waals surface area (Å²) in [6.45, 7) is 9.44. The maximum absolute atomic E-state index is 12.7. The third-order valence-electron chi connectivity index (χ3n) is 5.02. The van der Waals surface area contributed by atoms with Gasteiger partial charge in [-0.1, -0.05) is 44.5 Å². The third-order valence-corrected chi connectivity index (χ3v) is 7.35. The standard InChI is InChI=1S/C22H25ClN2O4S/c1-21(2,3)15-7-9-16(10-8-15)24-19(26)14-6-11-17(23)18(12-14)25-20(27)22(4,5)13-30(25,28)29/h6-12H,13H2,1-5H3,(H,24,26). The number of halogens is 1. The predicted molar refractivity (Wildman–Crippen MR) is 120 cm³/mol. The average Bonchev–Trinajstić information content (AvgIpc) is 2.78. The van der Waals surface area contributed by atoms with Crippen LogP contribution in [0.1, 0.15) is 50.5 Å². The molecular formula is C22H25ClN2O4S. The monoisotopic (exact) mass is 448 g/mol. The Morgan fingerprint density at radius 3 is 2.20 bits per heavy atom. The Balaban J connectivity index is 1.90. The van der Waals surface area contributed by atoms with E-state index in [1.165, 1.54) is 18.2 Å². The summed E-state index contributed by atoms with van der Waals surface area (Å²) in [6, 6.07) is 11.8. The van der Waals surface area contributed by atoms with Crippen molar-refractivity contribution >= 4 is 44.8 Å². The van der Waals surface area contributed by atoms with Crippen molar-refractivity contribution in [3.8, 4) is 0 Å². The van der Waals surface area contributed by atoms with Gasteiger partial charge in [0.2, 0.25) is 15.9 Å². The molecule has 8 heteroatoms. The fourth-order valence-corrected chi connectivity index (χ4v) is 5.68. The van der Waals surface area contributed by atoms with Crippen molar-refractivity contribution in [3.63, 3.8) is 0 Å². The molecule has 0 aliphatic carbocycles. The fraction of sp³-hybridized carbons (Fsp3) is 0.364. The second-order valence-electron chi connectivity index (χ2n) is 9.16. The van der Waals surface area contributed by atoms with Crippen molar-refractivity contribution < 1.29 is 18.0 Å². The molecule has 6 nitrogen and oxygen atoms in total. The van der Waals surface area contributed by atoms with Crippen molar-refractivity contribution in [2.45, 2.75) is 40.0 Å². The van der Waals surface area contributed by atoms with Crippen LogP contribution in [0.15, 0.2) is 42.5 Å². The molecule has 0 aromatic heterocycles. The number of rotatable bonds is 3. The molecule has 0 saturated carbocycles. The van der Waals surface area contributed by atoms with Crippen LogP contribution in [0.2, 0.25) is 5.02 Å². The molecule has 0 atom stereocenters. The van der Waals surface area contributed by atoms with Crippen LogP contribution in [0, 0.1) is 5.41 Å². The molecule has 1 aliphatic heterocycles. The van der Waals surface area contributed by atoms with Crippen molar-refractivity contribution in [2.24, 2.45) is 5.41 Å². The first-order chi connectivity index (χ1) is 13.7. The Morgan fingerprint density at radius 2 is 1.70 bits per heavy atom. The number of benzene rings is 2. The molecule has 1 saturated heterocycles. The van der Waals surface area contributed by atoms with Crippen LogP contribution in [0.5, 0.6) is 0 Å². The number of carbonyl (C=O) groups excluding carboxylic acids is 2. The highest BCUT2D eigenvalue weighted by Crippen LogP contribution is 2.39. The Morgan fingerprint density at radius 1 is 1.10 bits per heavy atom. The van der Waals surface area contributed by atoms with Gasteiger partial charge in [0.05, 0.1) is 21.9 Å². The Kier molecular flexibility index (Phi) is 5.50. The summed E-state index contributed by atoms with van der Waals surface area (Å²) in [5.41, 5.74) is 0.861. The molecule has 1 aliphatic rings. The van der Waals surface area contributed by atoms with Gasteiger partial charge in [0.15, 0.2) is 0 Å². The van der Waals surface area contributed by atoms with Crippen molar-refractivity contribution in [1.82, 2.24) is 0 Å². The van der Waals surface area contributed by atoms with E-state index < -0.39 is 27.3 Å². The molecule has 30 heavy (non-hydrogen) atoms. The molecule has 0 bridgehead atoms. The summed E-state index contributed by atoms with van der Waals surface area (Å²) in [6.07, 6.45) is 0. The minimum absolute atomic E-state index is 0.00481. The zero-order chi connectivity index (χ0) is 22.5. The molecule has 2 aromatic carbocycles. The van der Waals surface area contributed by atoms with E-state index in [0.29, 0.717) is 9.99 Å². The molecule has 160 valence electrons. The number of carbonyl (C=O) groups is 2. The van der Waals surface area contributed by atoms with Gasteiger partial charge in [0.1, 0.15) is 0 Å². The quantitative estimate of drug-likeness (QED) is 0.744. The summed E-state index contributed by atoms with van der Waals surface area (Å²) >= 11 is 6.20. The number of amides is 2. The number of hydrogen-bond donors (Lipinski definition) is 1. The average molecular weight is 449 g/mol. The maximum atomic E-state index is 12.7. The minimum atomic E-state index is -3.87. The van der Waals surface area contributed by atoms with Crippen LogP contribution < -0.4 is 9.62 Å². The molecule has 0 spiro atoms. The SMILES string of the molecule is CC1(C)CS(=O)(=O)N(c2cc(C(=O)Nc3ccc(C(C)(C)C)cc3)ccc2Cl)C1=O. The van der Waals surface area contributed by atoms with E-state index in [1.54, 1.807) is 13.8 Å². The maximum Gasteiger partial charge on any atom is 0.255 e. The summed E-state index contributed by atoms with van der Waals surface area (Å²) in [4.78, 5) is 25.4.